The van der Waals surface area contributed by atoms with Crippen LogP contribution < -0.4 is 24.0 Å². The van der Waals surface area contributed by atoms with Gasteiger partial charge < -0.3 is 29.0 Å². The van der Waals surface area contributed by atoms with Crippen molar-refractivity contribution >= 4 is 16.6 Å². The molecule has 4 aromatic rings. The zero-order valence-corrected chi connectivity index (χ0v) is 19.6. The quantitative estimate of drug-likeness (QED) is 0.324. The van der Waals surface area contributed by atoms with Crippen molar-refractivity contribution in [3.05, 3.63) is 107 Å². The van der Waals surface area contributed by atoms with E-state index in [0.717, 1.165) is 32.7 Å². The van der Waals surface area contributed by atoms with Crippen LogP contribution in [0.2, 0.25) is 0 Å². The maximum absolute atomic E-state index is 3.78. The van der Waals surface area contributed by atoms with Crippen molar-refractivity contribution in [2.75, 3.05) is 19.8 Å². The van der Waals surface area contributed by atoms with Crippen molar-refractivity contribution in [1.82, 2.24) is 9.88 Å². The highest BCUT2D eigenvalue weighted by Gasteiger charge is 2.40. The summed E-state index contributed by atoms with van der Waals surface area (Å²) in [4.78, 5) is 6.38. The molecular weight excluding hydrogens is 493 g/mol. The van der Waals surface area contributed by atoms with E-state index in [1.165, 1.54) is 39.0 Å². The molecule has 4 heteroatoms. The van der Waals surface area contributed by atoms with E-state index in [9.17, 15) is 0 Å². The molecule has 3 nitrogen and oxygen atoms in total. The molecule has 3 aromatic carbocycles. The maximum atomic E-state index is 3.78. The summed E-state index contributed by atoms with van der Waals surface area (Å²) in [6.07, 6.45) is 1.10. The third-order valence-corrected chi connectivity index (χ3v) is 6.63. The Morgan fingerprint density at radius 1 is 0.871 bits per heavy atom. The highest BCUT2D eigenvalue weighted by molar-refractivity contribution is 6.07. The van der Waals surface area contributed by atoms with Gasteiger partial charge in [0.2, 0.25) is 5.71 Å². The molecule has 2 aliphatic rings. The fourth-order valence-electron chi connectivity index (χ4n) is 5.29. The van der Waals surface area contributed by atoms with Gasteiger partial charge in [0.1, 0.15) is 12.2 Å². The molecular formula is C27H26IN3. The number of fused-ring (bicyclic) bond motifs is 4. The van der Waals surface area contributed by atoms with Crippen molar-refractivity contribution in [1.29, 1.82) is 0 Å². The number of nitrogens with one attached hydrogen (secondary N) is 1. The van der Waals surface area contributed by atoms with Gasteiger partial charge in [0.15, 0.2) is 6.67 Å². The Labute approximate surface area is 200 Å². The Morgan fingerprint density at radius 2 is 1.58 bits per heavy atom. The summed E-state index contributed by atoms with van der Waals surface area (Å²) in [5, 5.41) is 1.39. The van der Waals surface area contributed by atoms with Crippen LogP contribution in [0.5, 0.6) is 0 Å². The smallest absolute Gasteiger partial charge is 0.210 e. The number of rotatable bonds is 3. The summed E-state index contributed by atoms with van der Waals surface area (Å²) < 4.78 is 2.61. The second-order valence-electron chi connectivity index (χ2n) is 8.52. The van der Waals surface area contributed by atoms with Gasteiger partial charge in [-0.05, 0) is 22.8 Å². The molecule has 1 atom stereocenters. The lowest BCUT2D eigenvalue weighted by Gasteiger charge is -2.34. The molecule has 0 saturated heterocycles. The summed E-state index contributed by atoms with van der Waals surface area (Å²) in [6.45, 7) is 4.11. The minimum atomic E-state index is 0. The summed E-state index contributed by atoms with van der Waals surface area (Å²) in [5.74, 6) is 0.371. The highest BCUT2D eigenvalue weighted by Crippen LogP contribution is 2.34. The van der Waals surface area contributed by atoms with E-state index in [4.69, 9.17) is 0 Å². The Balaban J connectivity index is 0.00000204. The second kappa shape index (κ2) is 8.60. The molecule has 0 spiro atoms. The van der Waals surface area contributed by atoms with Gasteiger partial charge in [0, 0.05) is 30.4 Å². The molecule has 1 aromatic heterocycles. The van der Waals surface area contributed by atoms with E-state index in [1.807, 2.05) is 0 Å². The largest absolute Gasteiger partial charge is 1.00 e. The average molecular weight is 519 g/mol. The summed E-state index contributed by atoms with van der Waals surface area (Å²) in [7, 11) is 0. The molecule has 31 heavy (non-hydrogen) atoms. The minimum Gasteiger partial charge on any atom is -1.00 e. The van der Waals surface area contributed by atoms with Crippen molar-refractivity contribution < 1.29 is 28.6 Å². The van der Waals surface area contributed by atoms with Gasteiger partial charge in [-0.25, -0.2) is 9.48 Å². The normalized spacial score (nSPS) is 18.4. The van der Waals surface area contributed by atoms with Crippen LogP contribution in [0.15, 0.2) is 84.9 Å². The van der Waals surface area contributed by atoms with Crippen molar-refractivity contribution in [3.8, 4) is 0 Å². The Kier molecular flexibility index (Phi) is 5.67. The lowest BCUT2D eigenvalue weighted by molar-refractivity contribution is -0.557. The SMILES string of the molecule is [I-].c1ccc(CN2CC(c3ccccc3)C3=[N+](CCc4c3[nH]c3ccccc43)C2)cc1. The van der Waals surface area contributed by atoms with Gasteiger partial charge >= 0.3 is 0 Å². The molecule has 1 N–H and O–H groups in total. The van der Waals surface area contributed by atoms with Gasteiger partial charge in [-0.3, -0.25) is 0 Å². The first-order valence-electron chi connectivity index (χ1n) is 10.9. The lowest BCUT2D eigenvalue weighted by Crippen LogP contribution is -3.00. The van der Waals surface area contributed by atoms with Gasteiger partial charge in [-0.1, -0.05) is 78.9 Å². The van der Waals surface area contributed by atoms with Gasteiger partial charge in [0.25, 0.3) is 0 Å². The first-order chi connectivity index (χ1) is 14.9. The number of H-pyrrole nitrogens is 1. The number of aromatic amines is 1. The van der Waals surface area contributed by atoms with Crippen molar-refractivity contribution in [2.24, 2.45) is 0 Å². The molecule has 6 rings (SSSR count). The van der Waals surface area contributed by atoms with Crippen LogP contribution in [0.4, 0.5) is 0 Å². The van der Waals surface area contributed by atoms with Crippen LogP contribution in [0.3, 0.4) is 0 Å². The standard InChI is InChI=1S/C27H25N3.HI/c1-3-9-20(10-4-1)17-29-18-24(21-11-5-2-6-12-21)27-26-23(15-16-30(27)19-29)22-13-7-8-14-25(22)28-26;/h1-14,24H,15-19H2;1H. The fourth-order valence-corrected chi connectivity index (χ4v) is 5.29. The van der Waals surface area contributed by atoms with Crippen LogP contribution in [0.1, 0.15) is 28.3 Å². The predicted molar refractivity (Wildman–Crippen MR) is 122 cm³/mol. The molecule has 3 heterocycles. The van der Waals surface area contributed by atoms with Crippen molar-refractivity contribution in [2.45, 2.75) is 18.9 Å². The Bertz CT molecular complexity index is 1230. The Hall–Kier alpha value is -2.44. The summed E-state index contributed by atoms with van der Waals surface area (Å²) in [6, 6.07) is 30.7. The van der Waals surface area contributed by atoms with Crippen LogP contribution in [-0.4, -0.2) is 39.9 Å². The van der Waals surface area contributed by atoms with Gasteiger partial charge in [0.05, 0.1) is 5.92 Å². The van der Waals surface area contributed by atoms with E-state index < -0.39 is 0 Å². The Morgan fingerprint density at radius 3 is 2.39 bits per heavy atom. The fraction of sp³-hybridized carbons (Fsp3) is 0.222. The third-order valence-electron chi connectivity index (χ3n) is 6.63. The molecule has 0 bridgehead atoms. The van der Waals surface area contributed by atoms with Gasteiger partial charge in [-0.2, -0.15) is 0 Å². The average Bonchev–Trinajstić information content (AvgIpc) is 3.18. The molecule has 2 aliphatic heterocycles. The zero-order valence-electron chi connectivity index (χ0n) is 17.5. The van der Waals surface area contributed by atoms with Crippen molar-refractivity contribution in [3.63, 3.8) is 0 Å². The molecule has 0 fully saturated rings. The van der Waals surface area contributed by atoms with E-state index in [1.54, 1.807) is 0 Å². The van der Waals surface area contributed by atoms with Crippen LogP contribution >= 0.6 is 0 Å². The topological polar surface area (TPSA) is 22.0 Å². The first kappa shape index (κ1) is 20.5. The number of nitrogens with zero attached hydrogens (tertiary/aromatic N) is 2. The number of halogens is 1. The van der Waals surface area contributed by atoms with E-state index in [-0.39, 0.29) is 24.0 Å². The third kappa shape index (κ3) is 3.72. The predicted octanol–water partition coefficient (Wildman–Crippen LogP) is 1.79. The molecule has 0 radical (unpaired) electrons. The second-order valence-corrected chi connectivity index (χ2v) is 8.52. The van der Waals surface area contributed by atoms with E-state index in [0.29, 0.717) is 5.92 Å². The number of hydrogen-bond donors (Lipinski definition) is 1. The van der Waals surface area contributed by atoms with E-state index >= 15 is 0 Å². The number of benzene rings is 3. The lowest BCUT2D eigenvalue weighted by atomic mass is 9.86. The molecule has 0 amide bonds. The summed E-state index contributed by atoms with van der Waals surface area (Å²) >= 11 is 0. The molecule has 0 aliphatic carbocycles. The highest BCUT2D eigenvalue weighted by atomic mass is 127. The van der Waals surface area contributed by atoms with Crippen LogP contribution in [0.25, 0.3) is 10.9 Å². The van der Waals surface area contributed by atoms with Crippen LogP contribution in [0, 0.1) is 0 Å². The van der Waals surface area contributed by atoms with Gasteiger partial charge in [-0.15, -0.1) is 0 Å². The monoisotopic (exact) mass is 519 g/mol. The molecule has 156 valence electrons. The minimum absolute atomic E-state index is 0. The number of para-hydroxylation sites is 1. The first-order valence-corrected chi connectivity index (χ1v) is 10.9. The zero-order chi connectivity index (χ0) is 19.9. The summed E-state index contributed by atoms with van der Waals surface area (Å²) in [5.41, 5.74) is 8.38. The molecule has 0 saturated carbocycles. The van der Waals surface area contributed by atoms with E-state index in [2.05, 4.69) is 99.4 Å². The maximum Gasteiger partial charge on any atom is 0.210 e. The number of aromatic nitrogens is 1. The molecule has 1 unspecified atom stereocenters. The van der Waals surface area contributed by atoms with Crippen LogP contribution in [-0.2, 0) is 13.0 Å². The number of hydrogen-bond acceptors (Lipinski definition) is 1.